The molecule has 0 amide bonds. The topological polar surface area (TPSA) is 77.2 Å². The normalized spacial score (nSPS) is 11.5. The van der Waals surface area contributed by atoms with Crippen LogP contribution in [-0.2, 0) is 10.2 Å². The van der Waals surface area contributed by atoms with Gasteiger partial charge in [0.15, 0.2) is 0 Å². The molecular weight excluding hydrogens is 330 g/mol. The maximum atomic E-state index is 11.7. The van der Waals surface area contributed by atoms with E-state index in [9.17, 15) is 9.90 Å². The molecule has 1 heterocycles. The molecule has 0 unspecified atom stereocenters. The summed E-state index contributed by atoms with van der Waals surface area (Å²) < 4.78 is 5.22. The zero-order valence-corrected chi connectivity index (χ0v) is 15.3. The molecule has 1 N–H and O–H groups in total. The lowest BCUT2D eigenvalue weighted by Crippen LogP contribution is -2.12. The standard InChI is InChI=1S/C20H21N3O3/c1-12(2)19(25)26-13-9-10-15-16(11-13)22-23(21-15)17-8-6-7-14(18(17)24)20(3,4)5/h6-11,24H,1H2,2-5H3. The lowest BCUT2D eigenvalue weighted by atomic mass is 9.86. The predicted molar refractivity (Wildman–Crippen MR) is 99.7 cm³/mol. The van der Waals surface area contributed by atoms with Crippen molar-refractivity contribution >= 4 is 17.0 Å². The number of hydrogen-bond donors (Lipinski definition) is 1. The third-order valence-corrected chi connectivity index (χ3v) is 3.95. The summed E-state index contributed by atoms with van der Waals surface area (Å²) >= 11 is 0. The van der Waals surface area contributed by atoms with Crippen LogP contribution < -0.4 is 4.74 Å². The Morgan fingerprint density at radius 3 is 2.50 bits per heavy atom. The largest absolute Gasteiger partial charge is 0.505 e. The van der Waals surface area contributed by atoms with Crippen LogP contribution in [0.25, 0.3) is 16.7 Å². The van der Waals surface area contributed by atoms with Crippen LogP contribution in [0.15, 0.2) is 48.6 Å². The van der Waals surface area contributed by atoms with Crippen LogP contribution in [0.3, 0.4) is 0 Å². The molecule has 0 atom stereocenters. The molecule has 3 aromatic rings. The van der Waals surface area contributed by atoms with Crippen molar-refractivity contribution in [2.24, 2.45) is 0 Å². The molecule has 2 aromatic carbocycles. The van der Waals surface area contributed by atoms with Crippen LogP contribution >= 0.6 is 0 Å². The van der Waals surface area contributed by atoms with E-state index in [0.717, 1.165) is 5.56 Å². The second kappa shape index (κ2) is 6.29. The van der Waals surface area contributed by atoms with Gasteiger partial charge in [0.1, 0.15) is 28.2 Å². The molecule has 0 spiro atoms. The van der Waals surface area contributed by atoms with Crippen molar-refractivity contribution in [3.63, 3.8) is 0 Å². The minimum atomic E-state index is -0.493. The van der Waals surface area contributed by atoms with Gasteiger partial charge < -0.3 is 9.84 Å². The van der Waals surface area contributed by atoms with Gasteiger partial charge in [-0.1, -0.05) is 39.5 Å². The van der Waals surface area contributed by atoms with Crippen LogP contribution in [0.5, 0.6) is 11.5 Å². The maximum Gasteiger partial charge on any atom is 0.338 e. The molecule has 0 fully saturated rings. The first-order valence-corrected chi connectivity index (χ1v) is 8.24. The molecule has 0 aliphatic carbocycles. The smallest absolute Gasteiger partial charge is 0.338 e. The molecule has 0 aliphatic heterocycles. The van der Waals surface area contributed by atoms with E-state index in [0.29, 0.717) is 28.0 Å². The van der Waals surface area contributed by atoms with E-state index in [2.05, 4.69) is 16.8 Å². The molecule has 6 nitrogen and oxygen atoms in total. The van der Waals surface area contributed by atoms with Crippen molar-refractivity contribution < 1.29 is 14.6 Å². The molecule has 3 rings (SSSR count). The summed E-state index contributed by atoms with van der Waals surface area (Å²) in [6.45, 7) is 11.2. The zero-order valence-electron chi connectivity index (χ0n) is 15.3. The number of carbonyl (C=O) groups excluding carboxylic acids is 1. The SMILES string of the molecule is C=C(C)C(=O)Oc1ccc2nn(-c3cccc(C(C)(C)C)c3O)nc2c1. The molecule has 134 valence electrons. The highest BCUT2D eigenvalue weighted by Crippen LogP contribution is 2.34. The average molecular weight is 351 g/mol. The van der Waals surface area contributed by atoms with E-state index in [1.54, 1.807) is 31.2 Å². The number of para-hydroxylation sites is 1. The number of aromatic hydroxyl groups is 1. The monoisotopic (exact) mass is 351 g/mol. The molecule has 6 heteroatoms. The van der Waals surface area contributed by atoms with Gasteiger partial charge in [0.05, 0.1) is 0 Å². The Morgan fingerprint density at radius 1 is 1.15 bits per heavy atom. The first kappa shape index (κ1) is 17.7. The number of ether oxygens (including phenoxy) is 1. The summed E-state index contributed by atoms with van der Waals surface area (Å²) in [4.78, 5) is 13.0. The maximum absolute atomic E-state index is 11.7. The Labute approximate surface area is 151 Å². The van der Waals surface area contributed by atoms with Crippen LogP contribution in [0.4, 0.5) is 0 Å². The van der Waals surface area contributed by atoms with Crippen LogP contribution in [0, 0.1) is 0 Å². The van der Waals surface area contributed by atoms with E-state index in [1.807, 2.05) is 32.9 Å². The molecule has 0 radical (unpaired) electrons. The quantitative estimate of drug-likeness (QED) is 0.440. The summed E-state index contributed by atoms with van der Waals surface area (Å²) in [6, 6.07) is 10.5. The average Bonchev–Trinajstić information content (AvgIpc) is 2.96. The molecule has 0 bridgehead atoms. The third kappa shape index (κ3) is 3.31. The van der Waals surface area contributed by atoms with Crippen molar-refractivity contribution in [3.05, 3.63) is 54.1 Å². The number of esters is 1. The number of phenols is 1. The minimum Gasteiger partial charge on any atom is -0.505 e. The lowest BCUT2D eigenvalue weighted by Gasteiger charge is -2.21. The second-order valence-electron chi connectivity index (χ2n) is 7.23. The molecule has 1 aromatic heterocycles. The highest BCUT2D eigenvalue weighted by Gasteiger charge is 2.21. The minimum absolute atomic E-state index is 0.147. The van der Waals surface area contributed by atoms with E-state index < -0.39 is 5.97 Å². The van der Waals surface area contributed by atoms with Gasteiger partial charge in [-0.05, 0) is 30.5 Å². The van der Waals surface area contributed by atoms with Crippen molar-refractivity contribution in [2.45, 2.75) is 33.1 Å². The number of hydrogen-bond acceptors (Lipinski definition) is 5. The van der Waals surface area contributed by atoms with Crippen molar-refractivity contribution in [2.75, 3.05) is 0 Å². The van der Waals surface area contributed by atoms with Crippen molar-refractivity contribution in [3.8, 4) is 17.2 Å². The highest BCUT2D eigenvalue weighted by molar-refractivity contribution is 5.89. The number of benzene rings is 2. The van der Waals surface area contributed by atoms with E-state index in [1.165, 1.54) is 4.80 Å². The van der Waals surface area contributed by atoms with Gasteiger partial charge >= 0.3 is 5.97 Å². The Morgan fingerprint density at radius 2 is 1.85 bits per heavy atom. The number of fused-ring (bicyclic) bond motifs is 1. The first-order chi connectivity index (χ1) is 12.2. The molecule has 26 heavy (non-hydrogen) atoms. The number of rotatable bonds is 3. The van der Waals surface area contributed by atoms with Crippen LogP contribution in [0.2, 0.25) is 0 Å². The molecule has 0 saturated carbocycles. The Hall–Kier alpha value is -3.15. The number of phenolic OH excluding ortho intramolecular Hbond substituents is 1. The van der Waals surface area contributed by atoms with Gasteiger partial charge in [-0.25, -0.2) is 4.79 Å². The fourth-order valence-electron chi connectivity index (χ4n) is 2.56. The first-order valence-electron chi connectivity index (χ1n) is 8.24. The summed E-state index contributed by atoms with van der Waals surface area (Å²) in [6.07, 6.45) is 0. The zero-order chi connectivity index (χ0) is 19.1. The van der Waals surface area contributed by atoms with E-state index >= 15 is 0 Å². The summed E-state index contributed by atoms with van der Waals surface area (Å²) in [7, 11) is 0. The number of aromatic nitrogens is 3. The van der Waals surface area contributed by atoms with Crippen LogP contribution in [-0.4, -0.2) is 26.1 Å². The fraction of sp³-hybridized carbons (Fsp3) is 0.250. The predicted octanol–water partition coefficient (Wildman–Crippen LogP) is 3.91. The third-order valence-electron chi connectivity index (χ3n) is 3.95. The van der Waals surface area contributed by atoms with Gasteiger partial charge in [0, 0.05) is 17.2 Å². The Balaban J connectivity index is 2.03. The lowest BCUT2D eigenvalue weighted by molar-refractivity contribution is -0.130. The van der Waals surface area contributed by atoms with Crippen molar-refractivity contribution in [1.82, 2.24) is 15.0 Å². The summed E-state index contributed by atoms with van der Waals surface area (Å²) in [5, 5.41) is 19.5. The van der Waals surface area contributed by atoms with Gasteiger partial charge in [0.2, 0.25) is 0 Å². The fourth-order valence-corrected chi connectivity index (χ4v) is 2.56. The molecule has 0 saturated heterocycles. The van der Waals surface area contributed by atoms with E-state index in [4.69, 9.17) is 4.74 Å². The number of nitrogens with zero attached hydrogens (tertiary/aromatic N) is 3. The number of carbonyl (C=O) groups is 1. The second-order valence-corrected chi connectivity index (χ2v) is 7.23. The van der Waals surface area contributed by atoms with Gasteiger partial charge in [-0.3, -0.25) is 0 Å². The van der Waals surface area contributed by atoms with E-state index in [-0.39, 0.29) is 11.2 Å². The van der Waals surface area contributed by atoms with Crippen molar-refractivity contribution in [1.29, 1.82) is 0 Å². The molecule has 0 aliphatic rings. The summed E-state index contributed by atoms with van der Waals surface area (Å²) in [5.41, 5.74) is 2.59. The molecular formula is C20H21N3O3. The van der Waals surface area contributed by atoms with Gasteiger partial charge in [0.25, 0.3) is 0 Å². The summed E-state index contributed by atoms with van der Waals surface area (Å²) in [5.74, 6) is 0.0201. The Kier molecular flexibility index (Phi) is 4.28. The van der Waals surface area contributed by atoms with Gasteiger partial charge in [-0.2, -0.15) is 0 Å². The Bertz CT molecular complexity index is 1010. The highest BCUT2D eigenvalue weighted by atomic mass is 16.5. The van der Waals surface area contributed by atoms with Gasteiger partial charge in [-0.15, -0.1) is 15.0 Å². The van der Waals surface area contributed by atoms with Crippen LogP contribution in [0.1, 0.15) is 33.3 Å².